The van der Waals surface area contributed by atoms with Crippen LogP contribution in [0.2, 0.25) is 0 Å². The van der Waals surface area contributed by atoms with Crippen LogP contribution in [-0.2, 0) is 15.0 Å². The third kappa shape index (κ3) is 1.26. The van der Waals surface area contributed by atoms with Gasteiger partial charge in [-0.3, -0.25) is 14.9 Å². The molecule has 2 atom stereocenters. The largest absolute Gasteiger partial charge is 0.382 e. The number of nitrogens with one attached hydrogen (secondary N) is 1. The Labute approximate surface area is 86.9 Å². The number of amides is 2. The van der Waals surface area contributed by atoms with Gasteiger partial charge >= 0.3 is 0 Å². The van der Waals surface area contributed by atoms with Gasteiger partial charge in [-0.05, 0) is 12.5 Å². The average molecular weight is 205 g/mol. The summed E-state index contributed by atoms with van der Waals surface area (Å²) in [5.74, 6) is -1.09. The Morgan fingerprint density at radius 2 is 1.87 bits per heavy atom. The predicted octanol–water partition coefficient (Wildman–Crippen LogP) is -0.0384. The maximum Gasteiger partial charge on any atom is 0.256 e. The summed E-state index contributed by atoms with van der Waals surface area (Å²) in [5, 5.41) is 11.8. The molecule has 78 valence electrons. The zero-order chi connectivity index (χ0) is 11.1. The predicted molar refractivity (Wildman–Crippen MR) is 53.0 cm³/mol. The molecule has 2 unspecified atom stereocenters. The molecular weight excluding hydrogens is 194 g/mol. The minimum absolute atomic E-state index is 0.453. The summed E-state index contributed by atoms with van der Waals surface area (Å²) in [7, 11) is 0. The molecule has 2 N–H and O–H groups in total. The number of aliphatic hydroxyl groups is 1. The molecule has 0 radical (unpaired) electrons. The van der Waals surface area contributed by atoms with Crippen molar-refractivity contribution in [2.45, 2.75) is 18.4 Å². The van der Waals surface area contributed by atoms with Gasteiger partial charge in [0.25, 0.3) is 5.91 Å². The molecule has 1 aliphatic heterocycles. The van der Waals surface area contributed by atoms with Crippen LogP contribution in [0.1, 0.15) is 12.5 Å². The van der Waals surface area contributed by atoms with Gasteiger partial charge in [0.2, 0.25) is 5.91 Å². The van der Waals surface area contributed by atoms with E-state index in [0.717, 1.165) is 0 Å². The van der Waals surface area contributed by atoms with Crippen molar-refractivity contribution >= 4 is 11.8 Å². The maximum atomic E-state index is 11.6. The van der Waals surface area contributed by atoms with Crippen molar-refractivity contribution in [1.82, 2.24) is 5.32 Å². The summed E-state index contributed by atoms with van der Waals surface area (Å²) in [6, 6.07) is 8.80. The number of carbonyl (C=O) groups is 2. The van der Waals surface area contributed by atoms with E-state index in [1.165, 1.54) is 0 Å². The van der Waals surface area contributed by atoms with Crippen molar-refractivity contribution in [3.05, 3.63) is 35.9 Å². The van der Waals surface area contributed by atoms with Gasteiger partial charge < -0.3 is 5.11 Å². The fourth-order valence-electron chi connectivity index (χ4n) is 1.77. The third-order valence-electron chi connectivity index (χ3n) is 2.88. The van der Waals surface area contributed by atoms with E-state index in [9.17, 15) is 14.7 Å². The molecule has 1 aromatic carbocycles. The van der Waals surface area contributed by atoms with Gasteiger partial charge in [0.05, 0.1) is 0 Å². The van der Waals surface area contributed by atoms with Crippen LogP contribution in [0.3, 0.4) is 0 Å². The molecule has 1 aromatic rings. The van der Waals surface area contributed by atoms with Crippen LogP contribution in [0.4, 0.5) is 0 Å². The Kier molecular flexibility index (Phi) is 2.08. The van der Waals surface area contributed by atoms with E-state index in [1.54, 1.807) is 31.2 Å². The summed E-state index contributed by atoms with van der Waals surface area (Å²) in [6.45, 7) is 1.56. The normalized spacial score (nSPS) is 30.4. The molecule has 4 heteroatoms. The summed E-state index contributed by atoms with van der Waals surface area (Å²) in [6.07, 6.45) is -1.31. The fourth-order valence-corrected chi connectivity index (χ4v) is 1.77. The fraction of sp³-hybridized carbons (Fsp3) is 0.273. The molecule has 1 heterocycles. The molecule has 2 rings (SSSR count). The van der Waals surface area contributed by atoms with Gasteiger partial charge in [-0.2, -0.15) is 0 Å². The van der Waals surface area contributed by atoms with E-state index >= 15 is 0 Å². The Morgan fingerprint density at radius 1 is 1.27 bits per heavy atom. The van der Waals surface area contributed by atoms with E-state index in [2.05, 4.69) is 5.32 Å². The SMILES string of the molecule is CC1(c2ccccc2)C(=O)NC(=O)C1O. The van der Waals surface area contributed by atoms with Crippen LogP contribution in [0.15, 0.2) is 30.3 Å². The Hall–Kier alpha value is -1.68. The Balaban J connectivity index is 2.51. The molecule has 0 aliphatic carbocycles. The first-order valence-corrected chi connectivity index (χ1v) is 4.65. The Morgan fingerprint density at radius 3 is 2.33 bits per heavy atom. The molecular formula is C11H11NO3. The van der Waals surface area contributed by atoms with Crippen LogP contribution in [0, 0.1) is 0 Å². The second kappa shape index (κ2) is 3.17. The molecule has 4 nitrogen and oxygen atoms in total. The molecule has 1 aliphatic rings. The molecule has 0 bridgehead atoms. The first kappa shape index (κ1) is 9.86. The number of hydrogen-bond acceptors (Lipinski definition) is 3. The highest BCUT2D eigenvalue weighted by atomic mass is 16.3. The molecule has 2 amide bonds. The second-order valence-electron chi connectivity index (χ2n) is 3.79. The van der Waals surface area contributed by atoms with Gasteiger partial charge in [-0.25, -0.2) is 0 Å². The number of imide groups is 1. The second-order valence-corrected chi connectivity index (χ2v) is 3.79. The van der Waals surface area contributed by atoms with Crippen LogP contribution in [0.25, 0.3) is 0 Å². The van der Waals surface area contributed by atoms with Crippen LogP contribution in [-0.4, -0.2) is 23.0 Å². The summed E-state index contributed by atoms with van der Waals surface area (Å²) in [4.78, 5) is 22.8. The van der Waals surface area contributed by atoms with Gasteiger partial charge in [-0.1, -0.05) is 30.3 Å². The number of benzene rings is 1. The van der Waals surface area contributed by atoms with Crippen LogP contribution >= 0.6 is 0 Å². The third-order valence-corrected chi connectivity index (χ3v) is 2.88. The molecule has 0 spiro atoms. The van der Waals surface area contributed by atoms with Crippen molar-refractivity contribution in [2.75, 3.05) is 0 Å². The highest BCUT2D eigenvalue weighted by Crippen LogP contribution is 2.31. The van der Waals surface area contributed by atoms with E-state index in [-0.39, 0.29) is 0 Å². The lowest BCUT2D eigenvalue weighted by atomic mass is 9.79. The molecule has 0 aromatic heterocycles. The van der Waals surface area contributed by atoms with Crippen molar-refractivity contribution in [3.63, 3.8) is 0 Å². The van der Waals surface area contributed by atoms with Gasteiger partial charge in [-0.15, -0.1) is 0 Å². The van der Waals surface area contributed by atoms with Crippen molar-refractivity contribution < 1.29 is 14.7 Å². The maximum absolute atomic E-state index is 11.6. The number of hydrogen-bond donors (Lipinski definition) is 2. The van der Waals surface area contributed by atoms with E-state index in [4.69, 9.17) is 0 Å². The standard InChI is InChI=1S/C11H11NO3/c1-11(7-5-3-2-4-6-7)8(13)9(14)12-10(11)15/h2-6,8,13H,1H3,(H,12,14,15). The zero-order valence-corrected chi connectivity index (χ0v) is 8.23. The quantitative estimate of drug-likeness (QED) is 0.632. The zero-order valence-electron chi connectivity index (χ0n) is 8.23. The molecule has 1 saturated heterocycles. The lowest BCUT2D eigenvalue weighted by Gasteiger charge is -2.23. The highest BCUT2D eigenvalue weighted by Gasteiger charge is 2.52. The first-order valence-electron chi connectivity index (χ1n) is 4.65. The lowest BCUT2D eigenvalue weighted by Crippen LogP contribution is -2.39. The minimum Gasteiger partial charge on any atom is -0.382 e. The number of rotatable bonds is 1. The van der Waals surface area contributed by atoms with E-state index < -0.39 is 23.3 Å². The van der Waals surface area contributed by atoms with Gasteiger partial charge in [0.15, 0.2) is 6.10 Å². The number of carbonyl (C=O) groups excluding carboxylic acids is 2. The number of aliphatic hydroxyl groups excluding tert-OH is 1. The van der Waals surface area contributed by atoms with Crippen LogP contribution in [0.5, 0.6) is 0 Å². The van der Waals surface area contributed by atoms with Crippen LogP contribution < -0.4 is 5.32 Å². The monoisotopic (exact) mass is 205 g/mol. The van der Waals surface area contributed by atoms with Gasteiger partial charge in [0, 0.05) is 0 Å². The smallest absolute Gasteiger partial charge is 0.256 e. The van der Waals surface area contributed by atoms with Gasteiger partial charge in [0.1, 0.15) is 5.41 Å². The van der Waals surface area contributed by atoms with E-state index in [1.807, 2.05) is 6.07 Å². The summed E-state index contributed by atoms with van der Waals surface area (Å²) < 4.78 is 0. The van der Waals surface area contributed by atoms with E-state index in [0.29, 0.717) is 5.56 Å². The first-order chi connectivity index (χ1) is 7.06. The lowest BCUT2D eigenvalue weighted by molar-refractivity contribution is -0.127. The molecule has 15 heavy (non-hydrogen) atoms. The average Bonchev–Trinajstić information content (AvgIpc) is 2.45. The van der Waals surface area contributed by atoms with Crippen molar-refractivity contribution in [2.24, 2.45) is 0 Å². The van der Waals surface area contributed by atoms with Crippen molar-refractivity contribution in [3.8, 4) is 0 Å². The Bertz CT molecular complexity index is 415. The highest BCUT2D eigenvalue weighted by molar-refractivity contribution is 6.11. The minimum atomic E-state index is -1.31. The van der Waals surface area contributed by atoms with Crippen molar-refractivity contribution in [1.29, 1.82) is 0 Å². The topological polar surface area (TPSA) is 66.4 Å². The molecule has 1 fully saturated rings. The molecule has 0 saturated carbocycles. The summed E-state index contributed by atoms with van der Waals surface area (Å²) >= 11 is 0. The summed E-state index contributed by atoms with van der Waals surface area (Å²) in [5.41, 5.74) is -0.529.